The third-order valence-corrected chi connectivity index (χ3v) is 1.65. The first-order chi connectivity index (χ1) is 3.79. The molecule has 1 aromatic carbocycles. The van der Waals surface area contributed by atoms with E-state index in [1.807, 2.05) is 18.2 Å². The van der Waals surface area contributed by atoms with Crippen molar-refractivity contribution in [3.63, 3.8) is 0 Å². The van der Waals surface area contributed by atoms with Crippen molar-refractivity contribution >= 4 is 31.9 Å². The van der Waals surface area contributed by atoms with Gasteiger partial charge in [0.1, 0.15) is 0 Å². The van der Waals surface area contributed by atoms with Crippen LogP contribution in [0, 0.1) is 6.07 Å². The van der Waals surface area contributed by atoms with Gasteiger partial charge in [0.25, 0.3) is 0 Å². The van der Waals surface area contributed by atoms with Crippen LogP contribution < -0.4 is 18.9 Å². The first-order valence-corrected chi connectivity index (χ1v) is 3.71. The quantitative estimate of drug-likeness (QED) is 0.444. The van der Waals surface area contributed by atoms with Gasteiger partial charge in [-0.15, -0.1) is 0 Å². The van der Waals surface area contributed by atoms with Gasteiger partial charge >= 0.3 is 18.9 Å². The maximum absolute atomic E-state index is 3.28. The molecule has 0 aliphatic rings. The maximum atomic E-state index is 3.28. The third-order valence-electron chi connectivity index (χ3n) is 0.724. The van der Waals surface area contributed by atoms with E-state index in [-0.39, 0.29) is 18.9 Å². The molecule has 0 aromatic heterocycles. The molecule has 0 amide bonds. The van der Waals surface area contributed by atoms with Gasteiger partial charge in [-0.2, -0.15) is 24.3 Å². The van der Waals surface area contributed by atoms with Crippen LogP contribution >= 0.6 is 31.9 Å². The zero-order valence-corrected chi connectivity index (χ0v) is 8.16. The molecule has 0 spiro atoms. The van der Waals surface area contributed by atoms with E-state index in [4.69, 9.17) is 0 Å². The second-order valence-electron chi connectivity index (χ2n) is 1.35. The molecule has 3 heteroatoms. The Morgan fingerprint density at radius 3 is 1.78 bits per heavy atom. The summed E-state index contributed by atoms with van der Waals surface area (Å²) in [4.78, 5) is 0. The normalized spacial score (nSPS) is 8.22. The van der Waals surface area contributed by atoms with E-state index in [1.54, 1.807) is 0 Å². The van der Waals surface area contributed by atoms with Gasteiger partial charge in [-0.3, -0.25) is 0 Å². The third kappa shape index (κ3) is 3.47. The molecule has 1 rings (SSSR count). The van der Waals surface area contributed by atoms with Crippen molar-refractivity contribution < 1.29 is 18.9 Å². The van der Waals surface area contributed by atoms with Crippen LogP contribution in [0.5, 0.6) is 0 Å². The smallest absolute Gasteiger partial charge is 0.170 e. The van der Waals surface area contributed by atoms with E-state index < -0.39 is 0 Å². The zero-order valence-electron chi connectivity index (χ0n) is 4.99. The van der Waals surface area contributed by atoms with Gasteiger partial charge in [-0.1, -0.05) is 40.8 Å². The summed E-state index contributed by atoms with van der Waals surface area (Å²) in [5.41, 5.74) is 0. The Morgan fingerprint density at radius 2 is 1.56 bits per heavy atom. The molecule has 0 radical (unpaired) electrons. The molecule has 0 nitrogen and oxygen atoms in total. The van der Waals surface area contributed by atoms with Crippen LogP contribution in [0.2, 0.25) is 0 Å². The number of hydrogen-bond acceptors (Lipinski definition) is 0. The summed E-state index contributed by atoms with van der Waals surface area (Å²) in [6.45, 7) is 0. The Morgan fingerprint density at radius 1 is 1.11 bits per heavy atom. The van der Waals surface area contributed by atoms with Crippen LogP contribution in [0.3, 0.4) is 0 Å². The van der Waals surface area contributed by atoms with Gasteiger partial charge in [0.15, 0.2) is 0 Å². The van der Waals surface area contributed by atoms with Crippen LogP contribution in [-0.4, -0.2) is 0 Å². The van der Waals surface area contributed by atoms with Crippen molar-refractivity contribution in [3.8, 4) is 0 Å². The predicted octanol–water partition coefficient (Wildman–Crippen LogP) is 0.0158. The Balaban J connectivity index is 0.000000640. The molecule has 0 bridgehead atoms. The van der Waals surface area contributed by atoms with Crippen molar-refractivity contribution in [1.29, 1.82) is 0 Å². The van der Waals surface area contributed by atoms with Crippen molar-refractivity contribution in [2.45, 2.75) is 0 Å². The van der Waals surface area contributed by atoms with Crippen molar-refractivity contribution in [2.75, 3.05) is 0 Å². The minimum Gasteiger partial charge on any atom is -0.170 e. The molecular formula is C6H3Br2Li. The fraction of sp³-hybridized carbons (Fsp3) is 0. The van der Waals surface area contributed by atoms with E-state index in [0.717, 1.165) is 8.95 Å². The summed E-state index contributed by atoms with van der Waals surface area (Å²) >= 11 is 6.55. The first kappa shape index (κ1) is 9.78. The largest absolute Gasteiger partial charge is 1.00 e. The Bertz CT molecular complexity index is 171. The van der Waals surface area contributed by atoms with E-state index in [2.05, 4.69) is 37.9 Å². The average Bonchev–Trinajstić information content (AvgIpc) is 1.64. The molecule has 0 aliphatic heterocycles. The summed E-state index contributed by atoms with van der Waals surface area (Å²) in [6, 6.07) is 8.82. The molecule has 1 aromatic rings. The summed E-state index contributed by atoms with van der Waals surface area (Å²) in [7, 11) is 0. The molecule has 9 heavy (non-hydrogen) atoms. The molecule has 0 heterocycles. The molecule has 0 atom stereocenters. The molecule has 0 unspecified atom stereocenters. The van der Waals surface area contributed by atoms with Gasteiger partial charge < -0.3 is 0 Å². The summed E-state index contributed by atoms with van der Waals surface area (Å²) in [5.74, 6) is 0. The summed E-state index contributed by atoms with van der Waals surface area (Å²) in [5, 5.41) is 0. The number of halogens is 2. The van der Waals surface area contributed by atoms with E-state index in [9.17, 15) is 0 Å². The molecular weight excluding hydrogens is 239 g/mol. The fourth-order valence-corrected chi connectivity index (χ4v) is 1.41. The fourth-order valence-electron chi connectivity index (χ4n) is 0.414. The number of benzene rings is 1. The van der Waals surface area contributed by atoms with Gasteiger partial charge in [0.2, 0.25) is 0 Å². The monoisotopic (exact) mass is 240 g/mol. The van der Waals surface area contributed by atoms with Crippen molar-refractivity contribution in [3.05, 3.63) is 33.2 Å². The van der Waals surface area contributed by atoms with Gasteiger partial charge in [0, 0.05) is 0 Å². The Hall–Kier alpha value is 0.777. The minimum atomic E-state index is 0. The summed E-state index contributed by atoms with van der Waals surface area (Å²) < 4.78 is 1.96. The van der Waals surface area contributed by atoms with Gasteiger partial charge in [0.05, 0.1) is 0 Å². The standard InChI is InChI=1S/C6H3Br2.Li/c7-5-2-1-3-6(8)4-5;/h1-3H;/q-1;+1. The second kappa shape index (κ2) is 4.57. The van der Waals surface area contributed by atoms with Crippen LogP contribution in [0.4, 0.5) is 0 Å². The van der Waals surface area contributed by atoms with E-state index in [1.165, 1.54) is 0 Å². The van der Waals surface area contributed by atoms with Gasteiger partial charge in [-0.25, -0.2) is 0 Å². The molecule has 0 saturated carbocycles. The van der Waals surface area contributed by atoms with E-state index >= 15 is 0 Å². The molecule has 0 fully saturated rings. The van der Waals surface area contributed by atoms with Crippen LogP contribution in [0.1, 0.15) is 0 Å². The maximum Gasteiger partial charge on any atom is 1.00 e. The van der Waals surface area contributed by atoms with Crippen LogP contribution in [0.25, 0.3) is 0 Å². The predicted molar refractivity (Wildman–Crippen MR) is 40.7 cm³/mol. The molecule has 0 aliphatic carbocycles. The molecule has 42 valence electrons. The topological polar surface area (TPSA) is 0 Å². The van der Waals surface area contributed by atoms with Crippen LogP contribution in [-0.2, 0) is 0 Å². The Kier molecular flexibility index (Phi) is 4.97. The molecule has 0 saturated heterocycles. The molecule has 0 N–H and O–H groups in total. The summed E-state index contributed by atoms with van der Waals surface area (Å²) in [6.07, 6.45) is 0. The Labute approximate surface area is 83.5 Å². The number of rotatable bonds is 0. The average molecular weight is 242 g/mol. The SMILES string of the molecule is Brc1[c-]c(Br)ccc1.[Li+]. The first-order valence-electron chi connectivity index (χ1n) is 2.12. The van der Waals surface area contributed by atoms with Crippen LogP contribution in [0.15, 0.2) is 27.1 Å². The van der Waals surface area contributed by atoms with Crippen molar-refractivity contribution in [1.82, 2.24) is 0 Å². The van der Waals surface area contributed by atoms with Gasteiger partial charge in [-0.05, 0) is 0 Å². The zero-order chi connectivity index (χ0) is 5.98. The number of hydrogen-bond donors (Lipinski definition) is 0. The second-order valence-corrected chi connectivity index (χ2v) is 3.06. The van der Waals surface area contributed by atoms with E-state index in [0.29, 0.717) is 0 Å². The van der Waals surface area contributed by atoms with Crippen molar-refractivity contribution in [2.24, 2.45) is 0 Å². The minimum absolute atomic E-state index is 0.